The van der Waals surface area contributed by atoms with Crippen LogP contribution in [0.15, 0.2) is 18.3 Å². The standard InChI is InChI=1S/C10H12FNO/c1-13-10(4-2-5-10)8-3-6-12-9(11)7-8/h3,6-7H,2,4-5H2,1H3. The van der Waals surface area contributed by atoms with Crippen LogP contribution in [-0.4, -0.2) is 12.1 Å². The molecule has 0 N–H and O–H groups in total. The van der Waals surface area contributed by atoms with E-state index in [1.807, 2.05) is 6.07 Å². The molecule has 0 bridgehead atoms. The quantitative estimate of drug-likeness (QED) is 0.653. The van der Waals surface area contributed by atoms with E-state index in [1.165, 1.54) is 12.3 Å². The summed E-state index contributed by atoms with van der Waals surface area (Å²) in [6.07, 6.45) is 4.60. The lowest BCUT2D eigenvalue weighted by atomic mass is 9.75. The van der Waals surface area contributed by atoms with Gasteiger partial charge in [-0.25, -0.2) is 4.98 Å². The van der Waals surface area contributed by atoms with Gasteiger partial charge in [-0.1, -0.05) is 0 Å². The topological polar surface area (TPSA) is 22.1 Å². The molecule has 1 fully saturated rings. The Morgan fingerprint density at radius 2 is 2.31 bits per heavy atom. The van der Waals surface area contributed by atoms with Crippen molar-refractivity contribution >= 4 is 0 Å². The average molecular weight is 181 g/mol. The molecule has 0 spiro atoms. The molecule has 0 radical (unpaired) electrons. The van der Waals surface area contributed by atoms with Gasteiger partial charge in [0.15, 0.2) is 0 Å². The summed E-state index contributed by atoms with van der Waals surface area (Å²) in [5.74, 6) is -0.430. The van der Waals surface area contributed by atoms with Crippen LogP contribution in [0.5, 0.6) is 0 Å². The number of hydrogen-bond donors (Lipinski definition) is 0. The van der Waals surface area contributed by atoms with Crippen molar-refractivity contribution in [1.82, 2.24) is 4.98 Å². The first-order chi connectivity index (χ1) is 6.27. The van der Waals surface area contributed by atoms with Crippen LogP contribution in [0, 0.1) is 5.95 Å². The molecular weight excluding hydrogens is 169 g/mol. The molecule has 1 heterocycles. The first kappa shape index (κ1) is 8.63. The summed E-state index contributed by atoms with van der Waals surface area (Å²) in [5, 5.41) is 0. The van der Waals surface area contributed by atoms with Gasteiger partial charge in [-0.05, 0) is 37.0 Å². The van der Waals surface area contributed by atoms with E-state index in [-0.39, 0.29) is 5.60 Å². The third-order valence-corrected chi connectivity index (χ3v) is 2.80. The zero-order chi connectivity index (χ0) is 9.31. The van der Waals surface area contributed by atoms with Gasteiger partial charge in [-0.2, -0.15) is 4.39 Å². The van der Waals surface area contributed by atoms with Crippen molar-refractivity contribution in [1.29, 1.82) is 0 Å². The highest BCUT2D eigenvalue weighted by atomic mass is 19.1. The van der Waals surface area contributed by atoms with E-state index in [9.17, 15) is 4.39 Å². The molecule has 0 amide bonds. The summed E-state index contributed by atoms with van der Waals surface area (Å²) < 4.78 is 18.2. The second-order valence-corrected chi connectivity index (χ2v) is 3.42. The molecule has 1 aliphatic carbocycles. The van der Waals surface area contributed by atoms with Crippen LogP contribution in [0.2, 0.25) is 0 Å². The van der Waals surface area contributed by atoms with Gasteiger partial charge in [0.2, 0.25) is 5.95 Å². The van der Waals surface area contributed by atoms with Gasteiger partial charge in [-0.15, -0.1) is 0 Å². The van der Waals surface area contributed by atoms with Crippen molar-refractivity contribution in [3.05, 3.63) is 29.8 Å². The van der Waals surface area contributed by atoms with Crippen LogP contribution in [0.3, 0.4) is 0 Å². The molecule has 0 aliphatic heterocycles. The average Bonchev–Trinajstić information content (AvgIpc) is 2.03. The highest BCUT2D eigenvalue weighted by Gasteiger charge is 2.38. The predicted molar refractivity (Wildman–Crippen MR) is 46.7 cm³/mol. The molecule has 0 unspecified atom stereocenters. The van der Waals surface area contributed by atoms with Crippen LogP contribution in [0.4, 0.5) is 4.39 Å². The molecule has 1 saturated carbocycles. The van der Waals surface area contributed by atoms with Crippen molar-refractivity contribution < 1.29 is 9.13 Å². The van der Waals surface area contributed by atoms with Gasteiger partial charge >= 0.3 is 0 Å². The summed E-state index contributed by atoms with van der Waals surface area (Å²) in [4.78, 5) is 3.52. The highest BCUT2D eigenvalue weighted by Crippen LogP contribution is 2.43. The van der Waals surface area contributed by atoms with Gasteiger partial charge in [0.1, 0.15) is 0 Å². The number of aromatic nitrogens is 1. The summed E-state index contributed by atoms with van der Waals surface area (Å²) in [5.41, 5.74) is 0.679. The van der Waals surface area contributed by atoms with E-state index in [0.717, 1.165) is 24.8 Å². The molecule has 0 saturated heterocycles. The second kappa shape index (κ2) is 3.07. The summed E-state index contributed by atoms with van der Waals surface area (Å²) in [6, 6.07) is 3.29. The van der Waals surface area contributed by atoms with E-state index >= 15 is 0 Å². The third-order valence-electron chi connectivity index (χ3n) is 2.80. The zero-order valence-electron chi connectivity index (χ0n) is 7.59. The van der Waals surface area contributed by atoms with E-state index in [2.05, 4.69) is 4.98 Å². The first-order valence-electron chi connectivity index (χ1n) is 4.44. The van der Waals surface area contributed by atoms with Gasteiger partial charge in [-0.3, -0.25) is 0 Å². The smallest absolute Gasteiger partial charge is 0.213 e. The molecule has 70 valence electrons. The van der Waals surface area contributed by atoms with Crippen molar-refractivity contribution in [2.75, 3.05) is 7.11 Å². The molecule has 1 aromatic heterocycles. The summed E-state index contributed by atoms with van der Waals surface area (Å²) in [6.45, 7) is 0. The molecule has 1 aliphatic rings. The van der Waals surface area contributed by atoms with E-state index in [1.54, 1.807) is 7.11 Å². The second-order valence-electron chi connectivity index (χ2n) is 3.42. The Kier molecular flexibility index (Phi) is 2.04. The summed E-state index contributed by atoms with van der Waals surface area (Å²) >= 11 is 0. The molecule has 1 aromatic rings. The first-order valence-corrected chi connectivity index (χ1v) is 4.44. The fraction of sp³-hybridized carbons (Fsp3) is 0.500. The number of ether oxygens (including phenoxy) is 1. The number of rotatable bonds is 2. The minimum Gasteiger partial charge on any atom is -0.374 e. The van der Waals surface area contributed by atoms with Crippen LogP contribution in [0.25, 0.3) is 0 Å². The van der Waals surface area contributed by atoms with Crippen molar-refractivity contribution in [2.24, 2.45) is 0 Å². The lowest BCUT2D eigenvalue weighted by Gasteiger charge is -2.40. The zero-order valence-corrected chi connectivity index (χ0v) is 7.59. The third kappa shape index (κ3) is 1.33. The molecule has 0 aromatic carbocycles. The molecule has 0 atom stereocenters. The van der Waals surface area contributed by atoms with E-state index < -0.39 is 5.95 Å². The fourth-order valence-corrected chi connectivity index (χ4v) is 1.79. The Morgan fingerprint density at radius 3 is 2.77 bits per heavy atom. The Morgan fingerprint density at radius 1 is 1.54 bits per heavy atom. The minimum absolute atomic E-state index is 0.232. The molecule has 2 rings (SSSR count). The Hall–Kier alpha value is -0.960. The normalized spacial score (nSPS) is 19.5. The van der Waals surface area contributed by atoms with Gasteiger partial charge in [0, 0.05) is 13.3 Å². The lowest BCUT2D eigenvalue weighted by Crippen LogP contribution is -2.36. The number of hydrogen-bond acceptors (Lipinski definition) is 2. The maximum absolute atomic E-state index is 12.8. The lowest BCUT2D eigenvalue weighted by molar-refractivity contribution is -0.0781. The fourth-order valence-electron chi connectivity index (χ4n) is 1.79. The Balaban J connectivity index is 2.33. The summed E-state index contributed by atoms with van der Waals surface area (Å²) in [7, 11) is 1.68. The maximum atomic E-state index is 12.8. The van der Waals surface area contributed by atoms with E-state index in [4.69, 9.17) is 4.74 Å². The van der Waals surface area contributed by atoms with Gasteiger partial charge < -0.3 is 4.74 Å². The monoisotopic (exact) mass is 181 g/mol. The van der Waals surface area contributed by atoms with Crippen LogP contribution < -0.4 is 0 Å². The number of pyridine rings is 1. The van der Waals surface area contributed by atoms with E-state index in [0.29, 0.717) is 0 Å². The largest absolute Gasteiger partial charge is 0.374 e. The molecule has 3 heteroatoms. The SMILES string of the molecule is COC1(c2ccnc(F)c2)CCC1. The van der Waals surface area contributed by atoms with Crippen molar-refractivity contribution in [3.8, 4) is 0 Å². The number of nitrogens with zero attached hydrogens (tertiary/aromatic N) is 1. The van der Waals surface area contributed by atoms with Crippen LogP contribution in [-0.2, 0) is 10.3 Å². The van der Waals surface area contributed by atoms with Gasteiger partial charge in [0.05, 0.1) is 5.60 Å². The minimum atomic E-state index is -0.430. The Labute approximate surface area is 76.7 Å². The number of methoxy groups -OCH3 is 1. The predicted octanol–water partition coefficient (Wildman–Crippen LogP) is 2.25. The maximum Gasteiger partial charge on any atom is 0.213 e. The van der Waals surface area contributed by atoms with Crippen LogP contribution in [0.1, 0.15) is 24.8 Å². The highest BCUT2D eigenvalue weighted by molar-refractivity contribution is 5.22. The van der Waals surface area contributed by atoms with Crippen molar-refractivity contribution in [2.45, 2.75) is 24.9 Å². The number of halogens is 1. The molecular formula is C10H12FNO. The van der Waals surface area contributed by atoms with Crippen LogP contribution >= 0.6 is 0 Å². The van der Waals surface area contributed by atoms with Gasteiger partial charge in [0.25, 0.3) is 0 Å². The Bertz CT molecular complexity index is 304. The molecule has 2 nitrogen and oxygen atoms in total. The van der Waals surface area contributed by atoms with Crippen molar-refractivity contribution in [3.63, 3.8) is 0 Å². The molecule has 13 heavy (non-hydrogen) atoms.